The number of ether oxygens (including phenoxy) is 1. The second-order valence-corrected chi connectivity index (χ2v) is 4.43. The quantitative estimate of drug-likeness (QED) is 0.553. The Bertz CT molecular complexity index is 713. The average Bonchev–Trinajstić information content (AvgIpc) is 2.41. The fourth-order valence-electron chi connectivity index (χ4n) is 1.63. The van der Waals surface area contributed by atoms with Crippen LogP contribution in [-0.2, 0) is 0 Å². The summed E-state index contributed by atoms with van der Waals surface area (Å²) in [6.45, 7) is 1.89. The molecule has 114 valence electrons. The van der Waals surface area contributed by atoms with Gasteiger partial charge in [-0.2, -0.15) is 0 Å². The maximum Gasteiger partial charge on any atom is 0.573 e. The van der Waals surface area contributed by atoms with Crippen LogP contribution < -0.4 is 4.74 Å². The highest BCUT2D eigenvalue weighted by Gasteiger charge is 2.34. The predicted molar refractivity (Wildman–Crippen MR) is 70.2 cm³/mol. The molecule has 0 N–H and O–H groups in total. The van der Waals surface area contributed by atoms with Gasteiger partial charge in [0.1, 0.15) is 0 Å². The number of halogens is 5. The van der Waals surface area contributed by atoms with Crippen molar-refractivity contribution in [1.29, 1.82) is 0 Å². The van der Waals surface area contributed by atoms with E-state index in [0.717, 1.165) is 5.56 Å². The molecule has 1 nitrogen and oxygen atoms in total. The number of alkyl halides is 3. The van der Waals surface area contributed by atoms with Gasteiger partial charge < -0.3 is 4.74 Å². The number of hydrogen-bond acceptors (Lipinski definition) is 1. The summed E-state index contributed by atoms with van der Waals surface area (Å²) in [6, 6.07) is 8.43. The Labute approximate surface area is 123 Å². The van der Waals surface area contributed by atoms with Gasteiger partial charge in [0.15, 0.2) is 11.6 Å². The first-order valence-electron chi connectivity index (χ1n) is 6.08. The van der Waals surface area contributed by atoms with Crippen LogP contribution in [0.3, 0.4) is 0 Å². The van der Waals surface area contributed by atoms with Gasteiger partial charge in [0, 0.05) is 11.1 Å². The second-order valence-electron chi connectivity index (χ2n) is 4.43. The maximum atomic E-state index is 13.5. The molecule has 0 aromatic heterocycles. The predicted octanol–water partition coefficient (Wildman–Crippen LogP) is 4.57. The van der Waals surface area contributed by atoms with Gasteiger partial charge in [-0.3, -0.25) is 0 Å². The van der Waals surface area contributed by atoms with Gasteiger partial charge >= 0.3 is 6.36 Å². The van der Waals surface area contributed by atoms with Crippen LogP contribution in [0.1, 0.15) is 16.7 Å². The summed E-state index contributed by atoms with van der Waals surface area (Å²) >= 11 is 0. The number of aryl methyl sites for hydroxylation is 1. The van der Waals surface area contributed by atoms with Crippen molar-refractivity contribution in [1.82, 2.24) is 0 Å². The van der Waals surface area contributed by atoms with E-state index >= 15 is 0 Å². The molecule has 2 aromatic carbocycles. The highest BCUT2D eigenvalue weighted by Crippen LogP contribution is 2.29. The Morgan fingerprint density at radius 3 is 1.86 bits per heavy atom. The molecular formula is C16H9F5O. The summed E-state index contributed by atoms with van der Waals surface area (Å²) in [6.07, 6.45) is -5.17. The van der Waals surface area contributed by atoms with Crippen molar-refractivity contribution >= 4 is 0 Å². The van der Waals surface area contributed by atoms with Crippen LogP contribution in [0.25, 0.3) is 0 Å². The van der Waals surface area contributed by atoms with Gasteiger partial charge in [0.25, 0.3) is 0 Å². The highest BCUT2D eigenvalue weighted by molar-refractivity contribution is 5.45. The number of rotatable bonds is 1. The molecule has 0 heterocycles. The number of benzene rings is 2. The smallest absolute Gasteiger partial charge is 0.399 e. The largest absolute Gasteiger partial charge is 0.573 e. The van der Waals surface area contributed by atoms with Crippen molar-refractivity contribution in [3.8, 4) is 17.6 Å². The Morgan fingerprint density at radius 2 is 1.36 bits per heavy atom. The molecule has 0 amide bonds. The van der Waals surface area contributed by atoms with E-state index in [4.69, 9.17) is 0 Å². The maximum absolute atomic E-state index is 13.5. The van der Waals surface area contributed by atoms with Gasteiger partial charge in [0.2, 0.25) is 5.75 Å². The van der Waals surface area contributed by atoms with E-state index in [1.54, 1.807) is 12.1 Å². The molecule has 0 saturated carbocycles. The molecule has 0 unspecified atom stereocenters. The van der Waals surface area contributed by atoms with Gasteiger partial charge in [-0.25, -0.2) is 8.78 Å². The first-order chi connectivity index (χ1) is 10.2. The molecule has 0 aliphatic heterocycles. The Hall–Kier alpha value is -2.55. The van der Waals surface area contributed by atoms with Crippen molar-refractivity contribution in [2.75, 3.05) is 0 Å². The SMILES string of the molecule is Cc1ccc(C#Cc2cc(F)c(OC(F)(F)F)c(F)c2)cc1. The molecule has 0 spiro atoms. The zero-order valence-corrected chi connectivity index (χ0v) is 11.3. The zero-order valence-electron chi connectivity index (χ0n) is 11.3. The van der Waals surface area contributed by atoms with Gasteiger partial charge in [-0.1, -0.05) is 29.5 Å². The molecule has 2 rings (SSSR count). The Kier molecular flexibility index (Phi) is 4.36. The van der Waals surface area contributed by atoms with E-state index in [1.165, 1.54) is 0 Å². The van der Waals surface area contributed by atoms with Crippen molar-refractivity contribution in [2.24, 2.45) is 0 Å². The molecule has 22 heavy (non-hydrogen) atoms. The molecule has 0 radical (unpaired) electrons. The van der Waals surface area contributed by atoms with Crippen LogP contribution in [0.2, 0.25) is 0 Å². The van der Waals surface area contributed by atoms with E-state index in [1.807, 2.05) is 19.1 Å². The summed E-state index contributed by atoms with van der Waals surface area (Å²) in [5.74, 6) is 0.723. The van der Waals surface area contributed by atoms with E-state index in [-0.39, 0.29) is 5.56 Å². The summed E-state index contributed by atoms with van der Waals surface area (Å²) in [5.41, 5.74) is 1.54. The minimum Gasteiger partial charge on any atom is -0.399 e. The lowest BCUT2D eigenvalue weighted by atomic mass is 10.1. The van der Waals surface area contributed by atoms with Crippen molar-refractivity contribution in [3.05, 3.63) is 64.7 Å². The lowest BCUT2D eigenvalue weighted by Crippen LogP contribution is -2.19. The fourth-order valence-corrected chi connectivity index (χ4v) is 1.63. The third kappa shape index (κ3) is 4.22. The first-order valence-corrected chi connectivity index (χ1v) is 6.08. The first kappa shape index (κ1) is 15.8. The van der Waals surface area contributed by atoms with Crippen LogP contribution in [0.15, 0.2) is 36.4 Å². The van der Waals surface area contributed by atoms with Crippen LogP contribution >= 0.6 is 0 Å². The van der Waals surface area contributed by atoms with Crippen molar-refractivity contribution in [2.45, 2.75) is 13.3 Å². The monoisotopic (exact) mass is 312 g/mol. The van der Waals surface area contributed by atoms with Crippen LogP contribution in [0, 0.1) is 30.4 Å². The summed E-state index contributed by atoms with van der Waals surface area (Å²) in [7, 11) is 0. The van der Waals surface area contributed by atoms with Crippen LogP contribution in [-0.4, -0.2) is 6.36 Å². The number of hydrogen-bond donors (Lipinski definition) is 0. The van der Waals surface area contributed by atoms with E-state index in [9.17, 15) is 22.0 Å². The summed E-state index contributed by atoms with van der Waals surface area (Å²) < 4.78 is 66.3. The van der Waals surface area contributed by atoms with Crippen LogP contribution in [0.5, 0.6) is 5.75 Å². The molecule has 2 aromatic rings. The fraction of sp³-hybridized carbons (Fsp3) is 0.125. The molecule has 0 aliphatic carbocycles. The zero-order chi connectivity index (χ0) is 16.3. The average molecular weight is 312 g/mol. The Balaban J connectivity index is 2.29. The van der Waals surface area contributed by atoms with E-state index < -0.39 is 23.7 Å². The lowest BCUT2D eigenvalue weighted by Gasteiger charge is -2.10. The second kappa shape index (κ2) is 6.06. The lowest BCUT2D eigenvalue weighted by molar-refractivity contribution is -0.276. The van der Waals surface area contributed by atoms with Crippen molar-refractivity contribution < 1.29 is 26.7 Å². The minimum atomic E-state index is -5.17. The highest BCUT2D eigenvalue weighted by atomic mass is 19.4. The molecule has 0 saturated heterocycles. The van der Waals surface area contributed by atoms with E-state index in [0.29, 0.717) is 17.7 Å². The topological polar surface area (TPSA) is 9.23 Å². The third-order valence-corrected chi connectivity index (χ3v) is 2.62. The van der Waals surface area contributed by atoms with Gasteiger partial charge in [0.05, 0.1) is 0 Å². The standard InChI is InChI=1S/C16H9F5O/c1-10-2-4-11(5-3-10)6-7-12-8-13(17)15(14(18)9-12)22-16(19,20)21/h2-5,8-9H,1H3. The summed E-state index contributed by atoms with van der Waals surface area (Å²) in [4.78, 5) is 0. The van der Waals surface area contributed by atoms with Gasteiger partial charge in [-0.05, 0) is 31.2 Å². The molecule has 0 atom stereocenters. The molecular weight excluding hydrogens is 303 g/mol. The Morgan fingerprint density at radius 1 is 0.864 bits per heavy atom. The van der Waals surface area contributed by atoms with Crippen molar-refractivity contribution in [3.63, 3.8) is 0 Å². The molecule has 0 fully saturated rings. The summed E-state index contributed by atoms with van der Waals surface area (Å²) in [5, 5.41) is 0. The van der Waals surface area contributed by atoms with E-state index in [2.05, 4.69) is 16.6 Å². The third-order valence-electron chi connectivity index (χ3n) is 2.62. The molecule has 0 aliphatic rings. The normalized spacial score (nSPS) is 10.8. The molecule has 0 bridgehead atoms. The molecule has 6 heteroatoms. The van der Waals surface area contributed by atoms with Crippen LogP contribution in [0.4, 0.5) is 22.0 Å². The van der Waals surface area contributed by atoms with Gasteiger partial charge in [-0.15, -0.1) is 13.2 Å². The minimum absolute atomic E-state index is 0.0925.